The average Bonchev–Trinajstić information content (AvgIpc) is 3.02. The van der Waals surface area contributed by atoms with Gasteiger partial charge in [-0.2, -0.15) is 0 Å². The van der Waals surface area contributed by atoms with E-state index in [2.05, 4.69) is 41.9 Å². The summed E-state index contributed by atoms with van der Waals surface area (Å²) in [5.74, 6) is -0.159. The van der Waals surface area contributed by atoms with Crippen LogP contribution < -0.4 is 4.90 Å². The minimum Gasteiger partial charge on any atom is -0.458 e. The van der Waals surface area contributed by atoms with Gasteiger partial charge in [0.25, 0.3) is 0 Å². The van der Waals surface area contributed by atoms with Gasteiger partial charge in [0.2, 0.25) is 0 Å². The Morgan fingerprint density at radius 3 is 2.67 bits per heavy atom. The number of nitrogens with zero attached hydrogens (tertiary/aromatic N) is 2. The lowest BCUT2D eigenvalue weighted by atomic mass is 10.1. The number of hydrogen-bond acceptors (Lipinski definition) is 6. The van der Waals surface area contributed by atoms with Crippen LogP contribution in [0.4, 0.5) is 5.13 Å². The number of ether oxygens (including phenoxy) is 1. The van der Waals surface area contributed by atoms with Gasteiger partial charge in [-0.3, -0.25) is 4.79 Å². The number of fused-ring (bicyclic) bond motifs is 1. The Labute approximate surface area is 167 Å². The number of aromatic nitrogens is 1. The van der Waals surface area contributed by atoms with Crippen LogP contribution in [0.2, 0.25) is 0 Å². The molecule has 140 valence electrons. The Morgan fingerprint density at radius 1 is 1.22 bits per heavy atom. The van der Waals surface area contributed by atoms with Crippen molar-refractivity contribution in [1.82, 2.24) is 4.98 Å². The van der Waals surface area contributed by atoms with E-state index in [1.54, 1.807) is 11.3 Å². The zero-order chi connectivity index (χ0) is 18.8. The zero-order valence-corrected chi connectivity index (χ0v) is 17.1. The Balaban J connectivity index is 1.26. The van der Waals surface area contributed by atoms with Crippen LogP contribution >= 0.6 is 23.1 Å². The lowest BCUT2D eigenvalue weighted by molar-refractivity contribution is -0.149. The summed E-state index contributed by atoms with van der Waals surface area (Å²) in [4.78, 5) is 20.2. The average molecular weight is 399 g/mol. The molecular weight excluding hydrogens is 376 g/mol. The highest BCUT2D eigenvalue weighted by Crippen LogP contribution is 2.31. The molecule has 27 heavy (non-hydrogen) atoms. The molecule has 3 aromatic rings. The van der Waals surface area contributed by atoms with E-state index in [1.807, 2.05) is 42.1 Å². The molecule has 0 atom stereocenters. The van der Waals surface area contributed by atoms with Crippen molar-refractivity contribution in [1.29, 1.82) is 0 Å². The maximum absolute atomic E-state index is 12.2. The molecule has 0 unspecified atom stereocenters. The standard InChI is InChI=1S/C21H22N2O2S2/c1-14(2)26-17-9-7-15(8-10-17)11-20(24)25-16-12-23(13-16)21-22-18-5-3-4-6-19(18)27-21/h3-10,14,16H,11-13H2,1-2H3. The van der Waals surface area contributed by atoms with Gasteiger partial charge in [-0.1, -0.05) is 49.4 Å². The number of anilines is 1. The minimum absolute atomic E-state index is 0.0414. The molecule has 6 heteroatoms. The van der Waals surface area contributed by atoms with Gasteiger partial charge < -0.3 is 9.64 Å². The number of esters is 1. The van der Waals surface area contributed by atoms with Crippen LogP contribution in [0.1, 0.15) is 19.4 Å². The van der Waals surface area contributed by atoms with Gasteiger partial charge in [0, 0.05) is 10.1 Å². The van der Waals surface area contributed by atoms with Crippen LogP contribution in [0.5, 0.6) is 0 Å². The molecular formula is C21H22N2O2S2. The Morgan fingerprint density at radius 2 is 1.96 bits per heavy atom. The summed E-state index contributed by atoms with van der Waals surface area (Å²) in [6, 6.07) is 16.3. The highest BCUT2D eigenvalue weighted by molar-refractivity contribution is 7.99. The van der Waals surface area contributed by atoms with E-state index in [9.17, 15) is 4.79 Å². The maximum atomic E-state index is 12.2. The quantitative estimate of drug-likeness (QED) is 0.442. The van der Waals surface area contributed by atoms with E-state index in [4.69, 9.17) is 4.74 Å². The van der Waals surface area contributed by atoms with E-state index in [-0.39, 0.29) is 12.1 Å². The maximum Gasteiger partial charge on any atom is 0.310 e. The second kappa shape index (κ2) is 7.90. The largest absolute Gasteiger partial charge is 0.458 e. The lowest BCUT2D eigenvalue weighted by Crippen LogP contribution is -2.53. The summed E-state index contributed by atoms with van der Waals surface area (Å²) < 4.78 is 6.79. The fourth-order valence-corrected chi connectivity index (χ4v) is 4.84. The number of para-hydroxylation sites is 1. The number of rotatable bonds is 6. The van der Waals surface area contributed by atoms with Crippen molar-refractivity contribution in [2.45, 2.75) is 36.5 Å². The Bertz CT molecular complexity index is 898. The van der Waals surface area contributed by atoms with Crippen molar-refractivity contribution < 1.29 is 9.53 Å². The molecule has 1 aliphatic heterocycles. The SMILES string of the molecule is CC(C)Sc1ccc(CC(=O)OC2CN(c3nc4ccccc4s3)C2)cc1. The smallest absolute Gasteiger partial charge is 0.310 e. The summed E-state index contributed by atoms with van der Waals surface area (Å²) in [5, 5.41) is 1.56. The third-order valence-corrected chi connectivity index (χ3v) is 6.46. The molecule has 4 nitrogen and oxygen atoms in total. The van der Waals surface area contributed by atoms with E-state index < -0.39 is 0 Å². The second-order valence-electron chi connectivity index (χ2n) is 6.97. The number of carbonyl (C=O) groups is 1. The molecule has 1 fully saturated rings. The Hall–Kier alpha value is -2.05. The molecule has 2 heterocycles. The van der Waals surface area contributed by atoms with Crippen molar-refractivity contribution in [3.8, 4) is 0 Å². The molecule has 0 aliphatic carbocycles. The highest BCUT2D eigenvalue weighted by atomic mass is 32.2. The van der Waals surface area contributed by atoms with Crippen LogP contribution in [-0.4, -0.2) is 35.4 Å². The van der Waals surface area contributed by atoms with Crippen molar-refractivity contribution in [2.24, 2.45) is 0 Å². The lowest BCUT2D eigenvalue weighted by Gasteiger charge is -2.38. The molecule has 0 bridgehead atoms. The summed E-state index contributed by atoms with van der Waals surface area (Å²) in [6.07, 6.45) is 0.282. The van der Waals surface area contributed by atoms with Gasteiger partial charge in [0.15, 0.2) is 5.13 Å². The number of thiazole rings is 1. The number of benzene rings is 2. The van der Waals surface area contributed by atoms with E-state index in [0.29, 0.717) is 11.7 Å². The normalized spacial score (nSPS) is 14.6. The van der Waals surface area contributed by atoms with Crippen LogP contribution in [-0.2, 0) is 16.0 Å². The van der Waals surface area contributed by atoms with Crippen molar-refractivity contribution in [3.63, 3.8) is 0 Å². The summed E-state index contributed by atoms with van der Waals surface area (Å²) in [6.45, 7) is 5.78. The molecule has 1 aromatic heterocycles. The van der Waals surface area contributed by atoms with Gasteiger partial charge in [-0.25, -0.2) is 4.98 Å². The van der Waals surface area contributed by atoms with Gasteiger partial charge in [0.05, 0.1) is 29.7 Å². The van der Waals surface area contributed by atoms with Gasteiger partial charge in [-0.15, -0.1) is 11.8 Å². The summed E-state index contributed by atoms with van der Waals surface area (Å²) >= 11 is 3.50. The monoisotopic (exact) mass is 398 g/mol. The first-order valence-electron chi connectivity index (χ1n) is 9.12. The van der Waals surface area contributed by atoms with Crippen LogP contribution in [0.15, 0.2) is 53.4 Å². The molecule has 1 saturated heterocycles. The van der Waals surface area contributed by atoms with Crippen LogP contribution in [0, 0.1) is 0 Å². The van der Waals surface area contributed by atoms with Crippen molar-refractivity contribution >= 4 is 44.4 Å². The van der Waals surface area contributed by atoms with E-state index in [0.717, 1.165) is 29.3 Å². The molecule has 0 saturated carbocycles. The van der Waals surface area contributed by atoms with Gasteiger partial charge in [0.1, 0.15) is 6.10 Å². The summed E-state index contributed by atoms with van der Waals surface area (Å²) in [7, 11) is 0. The topological polar surface area (TPSA) is 42.4 Å². The summed E-state index contributed by atoms with van der Waals surface area (Å²) in [5.41, 5.74) is 2.02. The number of thioether (sulfide) groups is 1. The minimum atomic E-state index is -0.159. The number of carbonyl (C=O) groups excluding carboxylic acids is 1. The van der Waals surface area contributed by atoms with E-state index in [1.165, 1.54) is 9.60 Å². The molecule has 2 aromatic carbocycles. The first-order valence-corrected chi connectivity index (χ1v) is 10.8. The van der Waals surface area contributed by atoms with Crippen molar-refractivity contribution in [3.05, 3.63) is 54.1 Å². The predicted octanol–water partition coefficient (Wildman–Crippen LogP) is 4.77. The molecule has 0 amide bonds. The fraction of sp³-hybridized carbons (Fsp3) is 0.333. The first-order chi connectivity index (χ1) is 13.1. The van der Waals surface area contributed by atoms with Gasteiger partial charge >= 0.3 is 5.97 Å². The fourth-order valence-electron chi connectivity index (χ4n) is 3.02. The third kappa shape index (κ3) is 4.45. The first kappa shape index (κ1) is 18.3. The van der Waals surface area contributed by atoms with Gasteiger partial charge in [-0.05, 0) is 29.8 Å². The molecule has 4 rings (SSSR count). The van der Waals surface area contributed by atoms with Crippen LogP contribution in [0.25, 0.3) is 10.2 Å². The second-order valence-corrected chi connectivity index (χ2v) is 9.63. The Kier molecular flexibility index (Phi) is 5.36. The molecule has 0 radical (unpaired) electrons. The van der Waals surface area contributed by atoms with E-state index >= 15 is 0 Å². The molecule has 0 N–H and O–H groups in total. The highest BCUT2D eigenvalue weighted by Gasteiger charge is 2.32. The zero-order valence-electron chi connectivity index (χ0n) is 15.4. The van der Waals surface area contributed by atoms with Crippen molar-refractivity contribution in [2.75, 3.05) is 18.0 Å². The number of hydrogen-bond donors (Lipinski definition) is 0. The third-order valence-electron chi connectivity index (χ3n) is 4.34. The molecule has 0 spiro atoms. The predicted molar refractivity (Wildman–Crippen MR) is 113 cm³/mol. The van der Waals surface area contributed by atoms with Crippen LogP contribution in [0.3, 0.4) is 0 Å². The molecule has 1 aliphatic rings.